The van der Waals surface area contributed by atoms with E-state index in [2.05, 4.69) is 37.9 Å². The third-order valence-corrected chi connectivity index (χ3v) is 4.10. The lowest BCUT2D eigenvalue weighted by Gasteiger charge is -2.18. The lowest BCUT2D eigenvalue weighted by atomic mass is 10.1. The maximum atomic E-state index is 5.90. The van der Waals surface area contributed by atoms with E-state index in [0.717, 1.165) is 3.57 Å². The van der Waals surface area contributed by atoms with E-state index in [1.165, 1.54) is 0 Å². The molecule has 1 aromatic rings. The zero-order chi connectivity index (χ0) is 12.7. The number of halogens is 2. The Hall–Kier alpha value is -0.220. The Morgan fingerprint density at radius 2 is 2.17 bits per heavy atom. The smallest absolute Gasteiger partial charge is 0.224 e. The van der Waals surface area contributed by atoms with Crippen molar-refractivity contribution in [3.05, 3.63) is 15.1 Å². The summed E-state index contributed by atoms with van der Waals surface area (Å²) in [4.78, 5) is 8.08. The van der Waals surface area contributed by atoms with Crippen molar-refractivity contribution in [2.75, 3.05) is 18.5 Å². The summed E-state index contributed by atoms with van der Waals surface area (Å²) in [7, 11) is 0. The normalized spacial score (nSPS) is 34.6. The van der Waals surface area contributed by atoms with Crippen LogP contribution in [0.1, 0.15) is 0 Å². The van der Waals surface area contributed by atoms with Gasteiger partial charge in [0.1, 0.15) is 18.0 Å². The Kier molecular flexibility index (Phi) is 3.59. The maximum absolute atomic E-state index is 5.90. The minimum atomic E-state index is -0.0464. The predicted octanol–water partition coefficient (Wildman–Crippen LogP) is 0.640. The molecule has 98 valence electrons. The molecule has 0 bridgehead atoms. The fraction of sp³-hybridized carbons (Fsp3) is 0.600. The van der Waals surface area contributed by atoms with Crippen LogP contribution in [0.5, 0.6) is 0 Å². The van der Waals surface area contributed by atoms with Crippen molar-refractivity contribution in [3.8, 4) is 0 Å². The quantitative estimate of drug-likeness (QED) is 0.577. The average Bonchev–Trinajstić information content (AvgIpc) is 2.89. The van der Waals surface area contributed by atoms with Crippen molar-refractivity contribution in [1.82, 2.24) is 9.97 Å². The van der Waals surface area contributed by atoms with Crippen LogP contribution in [0.4, 0.5) is 5.82 Å². The van der Waals surface area contributed by atoms with Gasteiger partial charge in [-0.3, -0.25) is 0 Å². The molecule has 2 aliphatic rings. The molecule has 4 atom stereocenters. The molecule has 3 rings (SSSR count). The van der Waals surface area contributed by atoms with Crippen molar-refractivity contribution in [2.45, 2.75) is 24.3 Å². The Balaban J connectivity index is 1.75. The van der Waals surface area contributed by atoms with Crippen LogP contribution in [0, 0.1) is 3.57 Å². The summed E-state index contributed by atoms with van der Waals surface area (Å²) in [6.07, 6.45) is 1.62. The fourth-order valence-corrected chi connectivity index (χ4v) is 2.82. The molecule has 18 heavy (non-hydrogen) atoms. The molecule has 1 aromatic heterocycles. The predicted molar refractivity (Wildman–Crippen MR) is 74.6 cm³/mol. The van der Waals surface area contributed by atoms with Gasteiger partial charge in [0.25, 0.3) is 0 Å². The largest absolute Gasteiger partial charge is 0.371 e. The number of nitrogens with one attached hydrogen (secondary N) is 1. The minimum absolute atomic E-state index is 0.0236. The molecule has 0 spiro atoms. The van der Waals surface area contributed by atoms with Crippen LogP contribution in [-0.4, -0.2) is 47.5 Å². The first-order valence-corrected chi connectivity index (χ1v) is 7.04. The van der Waals surface area contributed by atoms with Crippen LogP contribution in [-0.2, 0) is 9.47 Å². The lowest BCUT2D eigenvalue weighted by molar-refractivity contribution is 0.0698. The van der Waals surface area contributed by atoms with Crippen LogP contribution in [0.3, 0.4) is 0 Å². The minimum Gasteiger partial charge on any atom is -0.371 e. The monoisotopic (exact) mass is 382 g/mol. The number of aromatic nitrogens is 2. The number of hydrogen-bond donors (Lipinski definition) is 2. The van der Waals surface area contributed by atoms with Gasteiger partial charge in [-0.1, -0.05) is 0 Å². The van der Waals surface area contributed by atoms with Gasteiger partial charge in [0.05, 0.1) is 28.9 Å². The van der Waals surface area contributed by atoms with Crippen LogP contribution >= 0.6 is 34.2 Å². The van der Waals surface area contributed by atoms with Crippen molar-refractivity contribution in [2.24, 2.45) is 5.73 Å². The van der Waals surface area contributed by atoms with E-state index in [0.29, 0.717) is 19.0 Å². The first-order valence-electron chi connectivity index (χ1n) is 5.58. The number of anilines is 1. The molecule has 2 fully saturated rings. The maximum Gasteiger partial charge on any atom is 0.224 e. The van der Waals surface area contributed by atoms with Gasteiger partial charge in [-0.15, -0.1) is 0 Å². The standard InChI is InChI=1S/C10H12ClIN4O2/c11-10-14-1-4(12)9(16-10)15-6-3-18-7-5(13)2-17-8(6)7/h1,5-8H,2-3,13H2,(H,14,15,16)/t5-,6-,7?,8?/m0/s1. The molecular weight excluding hydrogens is 370 g/mol. The molecule has 3 heterocycles. The molecule has 0 aliphatic carbocycles. The highest BCUT2D eigenvalue weighted by Gasteiger charge is 2.46. The highest BCUT2D eigenvalue weighted by Crippen LogP contribution is 2.28. The topological polar surface area (TPSA) is 82.3 Å². The number of nitrogens with zero attached hydrogens (tertiary/aromatic N) is 2. The summed E-state index contributed by atoms with van der Waals surface area (Å²) in [5, 5.41) is 3.51. The second-order valence-corrected chi connectivity index (χ2v) is 5.85. The Morgan fingerprint density at radius 3 is 3.00 bits per heavy atom. The number of nitrogens with two attached hydrogens (primary N) is 1. The Morgan fingerprint density at radius 1 is 1.39 bits per heavy atom. The zero-order valence-corrected chi connectivity index (χ0v) is 12.3. The lowest BCUT2D eigenvalue weighted by Crippen LogP contribution is -2.39. The van der Waals surface area contributed by atoms with Gasteiger partial charge in [0.15, 0.2) is 0 Å². The second kappa shape index (κ2) is 5.04. The third kappa shape index (κ3) is 2.29. The summed E-state index contributed by atoms with van der Waals surface area (Å²) >= 11 is 7.94. The average molecular weight is 383 g/mol. The molecule has 3 N–H and O–H groups in total. The summed E-state index contributed by atoms with van der Waals surface area (Å²) in [6, 6.07) is -0.00195. The van der Waals surface area contributed by atoms with Crippen LogP contribution in [0.15, 0.2) is 6.20 Å². The molecular formula is C10H12ClIN4O2. The molecule has 8 heteroatoms. The number of rotatable bonds is 2. The Bertz CT molecular complexity index is 464. The summed E-state index contributed by atoms with van der Waals surface area (Å²) < 4.78 is 12.2. The SMILES string of the molecule is N[C@H]1COC2C1OC[C@@H]2Nc1nc(Cl)ncc1I. The zero-order valence-electron chi connectivity index (χ0n) is 9.35. The van der Waals surface area contributed by atoms with Gasteiger partial charge in [-0.25, -0.2) is 4.98 Å². The summed E-state index contributed by atoms with van der Waals surface area (Å²) in [5.74, 6) is 0.703. The molecule has 2 unspecified atom stereocenters. The van der Waals surface area contributed by atoms with Gasteiger partial charge in [-0.05, 0) is 34.2 Å². The van der Waals surface area contributed by atoms with Crippen LogP contribution < -0.4 is 11.1 Å². The van der Waals surface area contributed by atoms with E-state index in [1.807, 2.05) is 0 Å². The van der Waals surface area contributed by atoms with Crippen LogP contribution in [0.2, 0.25) is 5.28 Å². The van der Waals surface area contributed by atoms with Gasteiger partial charge in [0.2, 0.25) is 5.28 Å². The fourth-order valence-electron chi connectivity index (χ4n) is 2.27. The van der Waals surface area contributed by atoms with E-state index < -0.39 is 0 Å². The van der Waals surface area contributed by atoms with E-state index in [9.17, 15) is 0 Å². The van der Waals surface area contributed by atoms with E-state index in [-0.39, 0.29) is 29.6 Å². The van der Waals surface area contributed by atoms with Gasteiger partial charge in [0, 0.05) is 6.20 Å². The van der Waals surface area contributed by atoms with E-state index in [4.69, 9.17) is 26.8 Å². The molecule has 0 amide bonds. The van der Waals surface area contributed by atoms with Crippen LogP contribution in [0.25, 0.3) is 0 Å². The highest BCUT2D eigenvalue weighted by molar-refractivity contribution is 14.1. The summed E-state index contributed by atoms with van der Waals surface area (Å²) in [6.45, 7) is 1.09. The molecule has 6 nitrogen and oxygen atoms in total. The number of hydrogen-bond acceptors (Lipinski definition) is 6. The van der Waals surface area contributed by atoms with Crippen molar-refractivity contribution in [3.63, 3.8) is 0 Å². The molecule has 0 saturated carbocycles. The summed E-state index contributed by atoms with van der Waals surface area (Å²) in [5.41, 5.74) is 5.90. The first-order chi connectivity index (χ1) is 8.65. The van der Waals surface area contributed by atoms with Crippen molar-refractivity contribution >= 4 is 40.0 Å². The number of fused-ring (bicyclic) bond motifs is 1. The molecule has 2 saturated heterocycles. The molecule has 0 radical (unpaired) electrons. The van der Waals surface area contributed by atoms with Crippen molar-refractivity contribution in [1.29, 1.82) is 0 Å². The van der Waals surface area contributed by atoms with Crippen molar-refractivity contribution < 1.29 is 9.47 Å². The van der Waals surface area contributed by atoms with E-state index in [1.54, 1.807) is 6.20 Å². The Labute approximate surface area is 123 Å². The second-order valence-electron chi connectivity index (χ2n) is 4.35. The van der Waals surface area contributed by atoms with Gasteiger partial charge >= 0.3 is 0 Å². The molecule has 0 aromatic carbocycles. The first kappa shape index (κ1) is 12.8. The number of ether oxygens (including phenoxy) is 2. The molecule has 2 aliphatic heterocycles. The highest BCUT2D eigenvalue weighted by atomic mass is 127. The third-order valence-electron chi connectivity index (χ3n) is 3.13. The van der Waals surface area contributed by atoms with Gasteiger partial charge in [-0.2, -0.15) is 4.98 Å². The van der Waals surface area contributed by atoms with Gasteiger partial charge < -0.3 is 20.5 Å². The van der Waals surface area contributed by atoms with E-state index >= 15 is 0 Å².